The van der Waals surface area contributed by atoms with Gasteiger partial charge in [0.2, 0.25) is 5.91 Å². The first-order chi connectivity index (χ1) is 13.5. The van der Waals surface area contributed by atoms with Gasteiger partial charge in [-0.15, -0.1) is 0 Å². The van der Waals surface area contributed by atoms with Gasteiger partial charge in [-0.05, 0) is 55.0 Å². The lowest BCUT2D eigenvalue weighted by atomic mass is 10.2. The van der Waals surface area contributed by atoms with Crippen LogP contribution in [0.3, 0.4) is 0 Å². The van der Waals surface area contributed by atoms with Crippen molar-refractivity contribution in [3.63, 3.8) is 0 Å². The van der Waals surface area contributed by atoms with Crippen LogP contribution in [0.25, 0.3) is 0 Å². The minimum Gasteiger partial charge on any atom is -0.489 e. The number of carbonyl (C=O) groups excluding carboxylic acids is 1. The normalized spacial score (nSPS) is 11.5. The number of rotatable bonds is 7. The molecule has 1 amide bonds. The molecular weight excluding hydrogens is 379 g/mol. The van der Waals surface area contributed by atoms with Crippen LogP contribution in [-0.4, -0.2) is 11.9 Å². The number of ether oxygens (including phenoxy) is 1. The van der Waals surface area contributed by atoms with Crippen LogP contribution >= 0.6 is 11.6 Å². The molecule has 0 radical (unpaired) electrons. The van der Waals surface area contributed by atoms with E-state index in [9.17, 15) is 9.18 Å². The Labute approximate surface area is 168 Å². The van der Waals surface area contributed by atoms with Gasteiger partial charge in [-0.3, -0.25) is 4.79 Å². The fourth-order valence-electron chi connectivity index (χ4n) is 2.54. The number of halogens is 2. The highest BCUT2D eigenvalue weighted by molar-refractivity contribution is 6.33. The molecule has 1 atom stereocenters. The number of hydrogen-bond acceptors (Lipinski definition) is 3. The molecule has 3 aromatic rings. The molecule has 0 saturated heterocycles. The van der Waals surface area contributed by atoms with E-state index in [0.717, 1.165) is 23.1 Å². The molecule has 4 nitrogen and oxygen atoms in total. The van der Waals surface area contributed by atoms with Gasteiger partial charge in [0, 0.05) is 5.69 Å². The molecule has 1 unspecified atom stereocenters. The maximum absolute atomic E-state index is 13.1. The highest BCUT2D eigenvalue weighted by Gasteiger charge is 2.14. The molecule has 0 heterocycles. The Morgan fingerprint density at radius 1 is 1.07 bits per heavy atom. The summed E-state index contributed by atoms with van der Waals surface area (Å²) in [5.41, 5.74) is 2.24. The molecule has 144 valence electrons. The first kappa shape index (κ1) is 19.7. The summed E-state index contributed by atoms with van der Waals surface area (Å²) in [5.74, 6) is 0.00580. The minimum atomic E-state index is -0.516. The Balaban J connectivity index is 1.53. The molecule has 0 fully saturated rings. The van der Waals surface area contributed by atoms with E-state index in [2.05, 4.69) is 10.6 Å². The molecule has 3 aromatic carbocycles. The van der Waals surface area contributed by atoms with Crippen LogP contribution in [-0.2, 0) is 11.4 Å². The SMILES string of the molecule is CC(Nc1ccc(OCc2ccccc2)cc1)C(=O)Nc1ccc(F)cc1Cl. The lowest BCUT2D eigenvalue weighted by molar-refractivity contribution is -0.116. The molecule has 0 spiro atoms. The number of hydrogen-bond donors (Lipinski definition) is 2. The second-order valence-electron chi connectivity index (χ2n) is 6.28. The second-order valence-corrected chi connectivity index (χ2v) is 6.69. The fraction of sp³-hybridized carbons (Fsp3) is 0.136. The number of carbonyl (C=O) groups is 1. The first-order valence-electron chi connectivity index (χ1n) is 8.80. The Kier molecular flexibility index (Phi) is 6.50. The van der Waals surface area contributed by atoms with Gasteiger partial charge in [0.05, 0.1) is 10.7 Å². The van der Waals surface area contributed by atoms with E-state index in [1.54, 1.807) is 6.92 Å². The van der Waals surface area contributed by atoms with Crippen molar-refractivity contribution in [1.29, 1.82) is 0 Å². The number of anilines is 2. The Bertz CT molecular complexity index is 933. The van der Waals surface area contributed by atoms with Crippen molar-refractivity contribution in [3.8, 4) is 5.75 Å². The zero-order chi connectivity index (χ0) is 19.9. The predicted octanol–water partition coefficient (Wildman–Crippen LogP) is 5.50. The zero-order valence-corrected chi connectivity index (χ0v) is 16.0. The monoisotopic (exact) mass is 398 g/mol. The van der Waals surface area contributed by atoms with Crippen LogP contribution in [0.1, 0.15) is 12.5 Å². The summed E-state index contributed by atoms with van der Waals surface area (Å²) in [6.07, 6.45) is 0. The van der Waals surface area contributed by atoms with Crippen molar-refractivity contribution in [1.82, 2.24) is 0 Å². The van der Waals surface area contributed by atoms with Crippen LogP contribution in [0.2, 0.25) is 5.02 Å². The molecule has 28 heavy (non-hydrogen) atoms. The molecule has 3 rings (SSSR count). The van der Waals surface area contributed by atoms with Gasteiger partial charge in [-0.1, -0.05) is 41.9 Å². The first-order valence-corrected chi connectivity index (χ1v) is 9.18. The van der Waals surface area contributed by atoms with Gasteiger partial charge in [-0.2, -0.15) is 0 Å². The third kappa shape index (κ3) is 5.47. The van der Waals surface area contributed by atoms with Crippen LogP contribution in [0, 0.1) is 5.82 Å². The number of nitrogens with one attached hydrogen (secondary N) is 2. The lowest BCUT2D eigenvalue weighted by Crippen LogP contribution is -2.31. The van der Waals surface area contributed by atoms with Crippen LogP contribution in [0.4, 0.5) is 15.8 Å². The van der Waals surface area contributed by atoms with E-state index >= 15 is 0 Å². The van der Waals surface area contributed by atoms with Crippen molar-refractivity contribution in [3.05, 3.63) is 89.2 Å². The standard InChI is InChI=1S/C22H20ClFN2O2/c1-15(22(27)26-21-12-7-17(24)13-20(21)23)25-18-8-10-19(11-9-18)28-14-16-5-3-2-4-6-16/h2-13,15,25H,14H2,1H3,(H,26,27). The molecule has 0 aliphatic carbocycles. The Morgan fingerprint density at radius 3 is 2.46 bits per heavy atom. The van der Waals surface area contributed by atoms with Gasteiger partial charge >= 0.3 is 0 Å². The molecule has 0 bridgehead atoms. The lowest BCUT2D eigenvalue weighted by Gasteiger charge is -2.16. The molecule has 6 heteroatoms. The van der Waals surface area contributed by atoms with E-state index in [1.165, 1.54) is 12.1 Å². The molecule has 0 aliphatic heterocycles. The summed E-state index contributed by atoms with van der Waals surface area (Å²) in [6, 6.07) is 20.6. The van der Waals surface area contributed by atoms with E-state index < -0.39 is 11.9 Å². The van der Waals surface area contributed by atoms with E-state index in [0.29, 0.717) is 12.3 Å². The van der Waals surface area contributed by atoms with E-state index in [-0.39, 0.29) is 10.9 Å². The van der Waals surface area contributed by atoms with Crippen LogP contribution in [0.5, 0.6) is 5.75 Å². The summed E-state index contributed by atoms with van der Waals surface area (Å²) < 4.78 is 18.8. The zero-order valence-electron chi connectivity index (χ0n) is 15.3. The topological polar surface area (TPSA) is 50.4 Å². The van der Waals surface area contributed by atoms with Gasteiger partial charge in [0.15, 0.2) is 0 Å². The summed E-state index contributed by atoms with van der Waals surface area (Å²) in [4.78, 5) is 12.3. The maximum Gasteiger partial charge on any atom is 0.246 e. The average molecular weight is 399 g/mol. The van der Waals surface area contributed by atoms with Crippen molar-refractivity contribution in [2.45, 2.75) is 19.6 Å². The molecular formula is C22H20ClFN2O2. The Hall–Kier alpha value is -3.05. The summed E-state index contributed by atoms with van der Waals surface area (Å²) in [5, 5.41) is 5.94. The van der Waals surface area contributed by atoms with Crippen molar-refractivity contribution in [2.75, 3.05) is 10.6 Å². The Morgan fingerprint density at radius 2 is 1.79 bits per heavy atom. The third-order valence-electron chi connectivity index (χ3n) is 4.07. The van der Waals surface area contributed by atoms with Crippen LogP contribution in [0.15, 0.2) is 72.8 Å². The fourth-order valence-corrected chi connectivity index (χ4v) is 2.75. The highest BCUT2D eigenvalue weighted by atomic mass is 35.5. The maximum atomic E-state index is 13.1. The van der Waals surface area contributed by atoms with E-state index in [1.807, 2.05) is 54.6 Å². The third-order valence-corrected chi connectivity index (χ3v) is 4.38. The predicted molar refractivity (Wildman–Crippen MR) is 110 cm³/mol. The summed E-state index contributed by atoms with van der Waals surface area (Å²) in [6.45, 7) is 2.22. The van der Waals surface area contributed by atoms with Gasteiger partial charge in [-0.25, -0.2) is 4.39 Å². The smallest absolute Gasteiger partial charge is 0.246 e. The van der Waals surface area contributed by atoms with Crippen molar-refractivity contribution >= 4 is 28.9 Å². The molecule has 0 aliphatic rings. The number of benzene rings is 3. The largest absolute Gasteiger partial charge is 0.489 e. The minimum absolute atomic E-state index is 0.153. The summed E-state index contributed by atoms with van der Waals surface area (Å²) in [7, 11) is 0. The van der Waals surface area contributed by atoms with Crippen LogP contribution < -0.4 is 15.4 Å². The highest BCUT2D eigenvalue weighted by Crippen LogP contribution is 2.23. The van der Waals surface area contributed by atoms with E-state index in [4.69, 9.17) is 16.3 Å². The quantitative estimate of drug-likeness (QED) is 0.552. The van der Waals surface area contributed by atoms with Crippen molar-refractivity contribution in [2.24, 2.45) is 0 Å². The number of amides is 1. The van der Waals surface area contributed by atoms with Gasteiger partial charge < -0.3 is 15.4 Å². The van der Waals surface area contributed by atoms with Crippen molar-refractivity contribution < 1.29 is 13.9 Å². The molecule has 0 aromatic heterocycles. The van der Waals surface area contributed by atoms with Gasteiger partial charge in [0.25, 0.3) is 0 Å². The summed E-state index contributed by atoms with van der Waals surface area (Å²) >= 11 is 5.94. The second kappa shape index (κ2) is 9.24. The average Bonchev–Trinajstić information content (AvgIpc) is 2.70. The molecule has 2 N–H and O–H groups in total. The molecule has 0 saturated carbocycles. The van der Waals surface area contributed by atoms with Gasteiger partial charge in [0.1, 0.15) is 24.2 Å².